The zero-order valence-electron chi connectivity index (χ0n) is 17.3. The monoisotopic (exact) mass is 431 g/mol. The van der Waals surface area contributed by atoms with Crippen molar-refractivity contribution in [3.63, 3.8) is 0 Å². The van der Waals surface area contributed by atoms with Gasteiger partial charge in [0.15, 0.2) is 5.58 Å². The van der Waals surface area contributed by atoms with E-state index in [1.54, 1.807) is 12.1 Å². The quantitative estimate of drug-likeness (QED) is 0.593. The fourth-order valence-electron chi connectivity index (χ4n) is 3.59. The Bertz CT molecular complexity index is 1150. The molecule has 0 aliphatic carbocycles. The van der Waals surface area contributed by atoms with Crippen LogP contribution in [0.2, 0.25) is 0 Å². The van der Waals surface area contributed by atoms with E-state index in [2.05, 4.69) is 9.88 Å². The molecule has 0 bridgehead atoms. The third kappa shape index (κ3) is 4.00. The molecule has 9 heteroatoms. The highest BCUT2D eigenvalue weighted by molar-refractivity contribution is 7.89. The lowest BCUT2D eigenvalue weighted by Gasteiger charge is -2.33. The number of benzene rings is 2. The number of nitrogens with zero attached hydrogens (tertiary/aromatic N) is 3. The second-order valence-corrected chi connectivity index (χ2v) is 9.18. The first kappa shape index (κ1) is 20.6. The van der Waals surface area contributed by atoms with Crippen LogP contribution in [0.4, 0.5) is 0 Å². The molecule has 160 valence electrons. The van der Waals surface area contributed by atoms with Gasteiger partial charge in [-0.3, -0.25) is 4.90 Å². The van der Waals surface area contributed by atoms with Gasteiger partial charge in [0.25, 0.3) is 0 Å². The van der Waals surface area contributed by atoms with Crippen LogP contribution in [0, 0.1) is 6.92 Å². The number of hydrogen-bond acceptors (Lipinski definition) is 7. The van der Waals surface area contributed by atoms with E-state index in [-0.39, 0.29) is 4.90 Å². The predicted molar refractivity (Wildman–Crippen MR) is 112 cm³/mol. The number of piperazine rings is 1. The van der Waals surface area contributed by atoms with E-state index in [0.29, 0.717) is 50.1 Å². The van der Waals surface area contributed by atoms with E-state index >= 15 is 0 Å². The lowest BCUT2D eigenvalue weighted by atomic mass is 10.2. The molecule has 0 atom stereocenters. The first-order valence-electron chi connectivity index (χ1n) is 9.71. The molecule has 1 aromatic heterocycles. The van der Waals surface area contributed by atoms with Crippen LogP contribution >= 0.6 is 0 Å². The summed E-state index contributed by atoms with van der Waals surface area (Å²) in [4.78, 5) is 6.80. The van der Waals surface area contributed by atoms with E-state index in [4.69, 9.17) is 13.9 Å². The van der Waals surface area contributed by atoms with Crippen LogP contribution in [0.25, 0.3) is 11.1 Å². The molecule has 3 aromatic rings. The number of methoxy groups -OCH3 is 2. The summed E-state index contributed by atoms with van der Waals surface area (Å²) in [6.45, 7) is 4.49. The lowest BCUT2D eigenvalue weighted by molar-refractivity contribution is 0.169. The van der Waals surface area contributed by atoms with Gasteiger partial charge < -0.3 is 13.9 Å². The molecule has 8 nitrogen and oxygen atoms in total. The summed E-state index contributed by atoms with van der Waals surface area (Å²) in [7, 11) is -0.733. The zero-order chi connectivity index (χ0) is 21.3. The SMILES string of the molecule is COc1ccc(OC)c(S(=O)(=O)N2CCN(Cc3nc4ccc(C)cc4o3)CC2)c1. The van der Waals surface area contributed by atoms with Crippen LogP contribution in [0.1, 0.15) is 11.5 Å². The van der Waals surface area contributed by atoms with Crippen molar-refractivity contribution in [1.82, 2.24) is 14.2 Å². The molecule has 1 aliphatic heterocycles. The van der Waals surface area contributed by atoms with Gasteiger partial charge in [-0.2, -0.15) is 4.31 Å². The molecule has 0 unspecified atom stereocenters. The number of oxazole rings is 1. The number of hydrogen-bond donors (Lipinski definition) is 0. The molecule has 2 aromatic carbocycles. The molecular weight excluding hydrogens is 406 g/mol. The Morgan fingerprint density at radius 2 is 1.80 bits per heavy atom. The minimum atomic E-state index is -3.70. The van der Waals surface area contributed by atoms with Crippen LogP contribution in [0.5, 0.6) is 11.5 Å². The lowest BCUT2D eigenvalue weighted by Crippen LogP contribution is -2.48. The molecule has 0 N–H and O–H groups in total. The first-order valence-corrected chi connectivity index (χ1v) is 11.2. The van der Waals surface area contributed by atoms with Gasteiger partial charge in [-0.1, -0.05) is 6.07 Å². The van der Waals surface area contributed by atoms with Gasteiger partial charge in [0, 0.05) is 32.2 Å². The third-order valence-corrected chi connectivity index (χ3v) is 7.19. The largest absolute Gasteiger partial charge is 0.497 e. The topological polar surface area (TPSA) is 85.1 Å². The van der Waals surface area contributed by atoms with E-state index in [1.165, 1.54) is 24.6 Å². The molecule has 0 saturated carbocycles. The Labute approximate surface area is 176 Å². The van der Waals surface area contributed by atoms with Gasteiger partial charge in [-0.15, -0.1) is 0 Å². The Hall–Kier alpha value is -2.62. The highest BCUT2D eigenvalue weighted by atomic mass is 32.2. The number of fused-ring (bicyclic) bond motifs is 1. The molecule has 1 saturated heterocycles. The summed E-state index contributed by atoms with van der Waals surface area (Å²) in [6.07, 6.45) is 0. The van der Waals surface area contributed by atoms with Crippen molar-refractivity contribution in [3.8, 4) is 11.5 Å². The number of aromatic nitrogens is 1. The number of sulfonamides is 1. The standard InChI is InChI=1S/C21H25N3O5S/c1-15-4-6-17-19(12-15)29-21(22-17)14-23-8-10-24(11-9-23)30(25,26)20-13-16(27-2)5-7-18(20)28-3/h4-7,12-13H,8-11,14H2,1-3H3. The summed E-state index contributed by atoms with van der Waals surface area (Å²) in [5.41, 5.74) is 2.73. The molecule has 0 radical (unpaired) electrons. The zero-order valence-corrected chi connectivity index (χ0v) is 18.1. The van der Waals surface area contributed by atoms with Crippen LogP contribution < -0.4 is 9.47 Å². The normalized spacial score (nSPS) is 16.1. The van der Waals surface area contributed by atoms with Crippen molar-refractivity contribution in [2.45, 2.75) is 18.4 Å². The maximum absolute atomic E-state index is 13.2. The van der Waals surface area contributed by atoms with Gasteiger partial charge >= 0.3 is 0 Å². The van der Waals surface area contributed by atoms with Crippen molar-refractivity contribution >= 4 is 21.1 Å². The van der Waals surface area contributed by atoms with Crippen LogP contribution in [0.3, 0.4) is 0 Å². The molecule has 1 aliphatic rings. The van der Waals surface area contributed by atoms with Crippen molar-refractivity contribution in [2.75, 3.05) is 40.4 Å². The summed E-state index contributed by atoms with van der Waals surface area (Å²) in [5.74, 6) is 1.42. The van der Waals surface area contributed by atoms with E-state index in [9.17, 15) is 8.42 Å². The maximum Gasteiger partial charge on any atom is 0.246 e. The van der Waals surface area contributed by atoms with E-state index in [0.717, 1.165) is 16.7 Å². The smallest absolute Gasteiger partial charge is 0.246 e. The summed E-state index contributed by atoms with van der Waals surface area (Å²) in [5, 5.41) is 0. The Morgan fingerprint density at radius 3 is 2.50 bits per heavy atom. The van der Waals surface area contributed by atoms with Gasteiger partial charge in [-0.05, 0) is 36.8 Å². The molecule has 30 heavy (non-hydrogen) atoms. The van der Waals surface area contributed by atoms with Gasteiger partial charge in [0.1, 0.15) is 21.9 Å². The number of aryl methyl sites for hydroxylation is 1. The first-order chi connectivity index (χ1) is 14.4. The summed E-state index contributed by atoms with van der Waals surface area (Å²) < 4.78 is 44.2. The maximum atomic E-state index is 13.2. The molecule has 0 spiro atoms. The predicted octanol–water partition coefficient (Wildman–Crippen LogP) is 2.66. The number of rotatable bonds is 6. The fraction of sp³-hybridized carbons (Fsp3) is 0.381. The van der Waals surface area contributed by atoms with Crippen molar-refractivity contribution < 1.29 is 22.3 Å². The summed E-state index contributed by atoms with van der Waals surface area (Å²) >= 11 is 0. The molecular formula is C21H25N3O5S. The molecule has 2 heterocycles. The second-order valence-electron chi connectivity index (χ2n) is 7.28. The second kappa shape index (κ2) is 8.25. The van der Waals surface area contributed by atoms with Crippen molar-refractivity contribution in [3.05, 3.63) is 47.9 Å². The minimum Gasteiger partial charge on any atom is -0.497 e. The van der Waals surface area contributed by atoms with E-state index in [1.807, 2.05) is 25.1 Å². The van der Waals surface area contributed by atoms with Crippen LogP contribution in [0.15, 0.2) is 45.7 Å². The molecule has 0 amide bonds. The van der Waals surface area contributed by atoms with Crippen molar-refractivity contribution in [1.29, 1.82) is 0 Å². The average Bonchev–Trinajstić information content (AvgIpc) is 3.14. The van der Waals surface area contributed by atoms with Gasteiger partial charge in [-0.25, -0.2) is 13.4 Å². The van der Waals surface area contributed by atoms with E-state index < -0.39 is 10.0 Å². The number of ether oxygens (including phenoxy) is 2. The van der Waals surface area contributed by atoms with Crippen LogP contribution in [-0.4, -0.2) is 63.0 Å². The van der Waals surface area contributed by atoms with Crippen LogP contribution in [-0.2, 0) is 16.6 Å². The fourth-order valence-corrected chi connectivity index (χ4v) is 5.18. The minimum absolute atomic E-state index is 0.118. The average molecular weight is 432 g/mol. The third-order valence-electron chi connectivity index (χ3n) is 5.27. The Kier molecular flexibility index (Phi) is 5.68. The summed E-state index contributed by atoms with van der Waals surface area (Å²) in [6, 6.07) is 10.7. The highest BCUT2D eigenvalue weighted by Crippen LogP contribution is 2.31. The van der Waals surface area contributed by atoms with Gasteiger partial charge in [0.2, 0.25) is 15.9 Å². The van der Waals surface area contributed by atoms with Gasteiger partial charge in [0.05, 0.1) is 20.8 Å². The Morgan fingerprint density at radius 1 is 1.03 bits per heavy atom. The highest BCUT2D eigenvalue weighted by Gasteiger charge is 2.31. The molecule has 4 rings (SSSR count). The Balaban J connectivity index is 1.46. The molecule has 1 fully saturated rings. The van der Waals surface area contributed by atoms with Crippen molar-refractivity contribution in [2.24, 2.45) is 0 Å².